The zero-order valence-corrected chi connectivity index (χ0v) is 16.1. The number of hydrogen-bond acceptors (Lipinski definition) is 6. The van der Waals surface area contributed by atoms with Crippen LogP contribution in [0, 0.1) is 20.8 Å². The third-order valence-corrected chi connectivity index (χ3v) is 4.54. The number of carbonyl (C=O) groups excluding carboxylic acids is 1. The Labute approximate surface area is 159 Å². The summed E-state index contributed by atoms with van der Waals surface area (Å²) in [4.78, 5) is 23.2. The molecule has 1 saturated heterocycles. The van der Waals surface area contributed by atoms with Crippen LogP contribution in [0.25, 0.3) is 0 Å². The third-order valence-electron chi connectivity index (χ3n) is 4.54. The number of aromatic nitrogens is 2. The maximum absolute atomic E-state index is 12.2. The molecule has 27 heavy (non-hydrogen) atoms. The molecule has 1 aromatic heterocycles. The zero-order chi connectivity index (χ0) is 19.2. The van der Waals surface area contributed by atoms with Gasteiger partial charge in [0.15, 0.2) is 0 Å². The van der Waals surface area contributed by atoms with Gasteiger partial charge in [0.1, 0.15) is 18.2 Å². The molecule has 1 aliphatic rings. The van der Waals surface area contributed by atoms with Crippen molar-refractivity contribution in [1.29, 1.82) is 0 Å². The highest BCUT2D eigenvalue weighted by molar-refractivity contribution is 5.94. The summed E-state index contributed by atoms with van der Waals surface area (Å²) in [6.45, 7) is 9.63. The summed E-state index contributed by atoms with van der Waals surface area (Å²) in [5.74, 6) is 1.92. The quantitative estimate of drug-likeness (QED) is 0.785. The van der Waals surface area contributed by atoms with Crippen LogP contribution in [0.4, 0.5) is 5.82 Å². The van der Waals surface area contributed by atoms with Crippen LogP contribution in [0.3, 0.4) is 0 Å². The van der Waals surface area contributed by atoms with E-state index in [-0.39, 0.29) is 5.91 Å². The van der Waals surface area contributed by atoms with E-state index in [1.54, 1.807) is 0 Å². The summed E-state index contributed by atoms with van der Waals surface area (Å²) in [6.07, 6.45) is 0. The highest BCUT2D eigenvalue weighted by Gasteiger charge is 2.14. The number of carbonyl (C=O) groups is 1. The van der Waals surface area contributed by atoms with Gasteiger partial charge >= 0.3 is 0 Å². The van der Waals surface area contributed by atoms with E-state index in [1.165, 1.54) is 5.56 Å². The lowest BCUT2D eigenvalue weighted by Crippen LogP contribution is -2.37. The van der Waals surface area contributed by atoms with Gasteiger partial charge in [0.25, 0.3) is 5.91 Å². The molecule has 144 valence electrons. The van der Waals surface area contributed by atoms with Crippen molar-refractivity contribution in [2.45, 2.75) is 20.8 Å². The van der Waals surface area contributed by atoms with Crippen LogP contribution in [0.2, 0.25) is 0 Å². The fourth-order valence-electron chi connectivity index (χ4n) is 2.86. The Morgan fingerprint density at radius 2 is 1.93 bits per heavy atom. The summed E-state index contributed by atoms with van der Waals surface area (Å²) in [6, 6.07) is 7.52. The first-order valence-electron chi connectivity index (χ1n) is 9.19. The second-order valence-corrected chi connectivity index (χ2v) is 6.61. The van der Waals surface area contributed by atoms with Gasteiger partial charge in [-0.3, -0.25) is 4.79 Å². The van der Waals surface area contributed by atoms with Gasteiger partial charge in [0.05, 0.1) is 19.8 Å². The van der Waals surface area contributed by atoms with Crippen LogP contribution < -0.4 is 15.0 Å². The summed E-state index contributed by atoms with van der Waals surface area (Å²) in [7, 11) is 0. The minimum absolute atomic E-state index is 0.102. The molecule has 2 heterocycles. The van der Waals surface area contributed by atoms with Crippen molar-refractivity contribution < 1.29 is 14.3 Å². The Hall–Kier alpha value is -2.67. The number of benzene rings is 1. The van der Waals surface area contributed by atoms with Crippen LogP contribution in [0.5, 0.6) is 5.88 Å². The van der Waals surface area contributed by atoms with Crippen LogP contribution in [0.1, 0.15) is 27.3 Å². The van der Waals surface area contributed by atoms with Crippen molar-refractivity contribution in [2.24, 2.45) is 0 Å². The molecule has 1 aromatic carbocycles. The van der Waals surface area contributed by atoms with E-state index in [1.807, 2.05) is 45.0 Å². The van der Waals surface area contributed by atoms with Gasteiger partial charge in [0.2, 0.25) is 5.88 Å². The first kappa shape index (κ1) is 19.1. The molecule has 0 spiro atoms. The Bertz CT molecular complexity index is 804. The Kier molecular flexibility index (Phi) is 6.24. The van der Waals surface area contributed by atoms with Crippen LogP contribution >= 0.6 is 0 Å². The molecule has 1 N–H and O–H groups in total. The van der Waals surface area contributed by atoms with E-state index >= 15 is 0 Å². The van der Waals surface area contributed by atoms with E-state index < -0.39 is 0 Å². The fraction of sp³-hybridized carbons (Fsp3) is 0.450. The van der Waals surface area contributed by atoms with Gasteiger partial charge in [-0.15, -0.1) is 0 Å². The average molecular weight is 370 g/mol. The minimum atomic E-state index is -0.102. The summed E-state index contributed by atoms with van der Waals surface area (Å²) >= 11 is 0. The Morgan fingerprint density at radius 1 is 1.15 bits per heavy atom. The molecule has 0 unspecified atom stereocenters. The number of nitrogens with one attached hydrogen (secondary N) is 1. The lowest BCUT2D eigenvalue weighted by Gasteiger charge is -2.28. The van der Waals surface area contributed by atoms with Crippen molar-refractivity contribution in [3.63, 3.8) is 0 Å². The standard InChI is InChI=1S/C20H26N4O3/c1-14-4-5-17(12-15(14)2)20(25)21-6-9-27-19-13-18(22-16(3)23-19)24-7-10-26-11-8-24/h4-5,12-13H,6-11H2,1-3H3,(H,21,25). The predicted molar refractivity (Wildman–Crippen MR) is 104 cm³/mol. The Balaban J connectivity index is 1.51. The van der Waals surface area contributed by atoms with E-state index in [2.05, 4.69) is 20.2 Å². The number of aryl methyl sites for hydroxylation is 3. The number of amides is 1. The lowest BCUT2D eigenvalue weighted by atomic mass is 10.1. The molecule has 0 aliphatic carbocycles. The largest absolute Gasteiger partial charge is 0.476 e. The molecule has 1 aliphatic heterocycles. The van der Waals surface area contributed by atoms with Crippen molar-refractivity contribution in [3.05, 3.63) is 46.8 Å². The maximum Gasteiger partial charge on any atom is 0.251 e. The number of rotatable bonds is 6. The average Bonchev–Trinajstić information content (AvgIpc) is 2.67. The molecule has 3 rings (SSSR count). The minimum Gasteiger partial charge on any atom is -0.476 e. The number of hydrogen-bond donors (Lipinski definition) is 1. The van der Waals surface area contributed by atoms with E-state index in [0.717, 1.165) is 24.5 Å². The van der Waals surface area contributed by atoms with Gasteiger partial charge in [-0.25, -0.2) is 4.98 Å². The lowest BCUT2D eigenvalue weighted by molar-refractivity contribution is 0.0946. The highest BCUT2D eigenvalue weighted by Crippen LogP contribution is 2.18. The fourth-order valence-corrected chi connectivity index (χ4v) is 2.86. The van der Waals surface area contributed by atoms with Gasteiger partial charge in [-0.1, -0.05) is 6.07 Å². The molecule has 0 radical (unpaired) electrons. The van der Waals surface area contributed by atoms with Gasteiger partial charge in [-0.05, 0) is 44.0 Å². The molecule has 7 heteroatoms. The van der Waals surface area contributed by atoms with E-state index in [4.69, 9.17) is 9.47 Å². The molecular formula is C20H26N4O3. The topological polar surface area (TPSA) is 76.6 Å². The highest BCUT2D eigenvalue weighted by atomic mass is 16.5. The van der Waals surface area contributed by atoms with Gasteiger partial charge < -0.3 is 19.7 Å². The predicted octanol–water partition coefficient (Wildman–Crippen LogP) is 2.05. The molecule has 1 fully saturated rings. The molecular weight excluding hydrogens is 344 g/mol. The molecule has 2 aromatic rings. The number of nitrogens with zero attached hydrogens (tertiary/aromatic N) is 3. The smallest absolute Gasteiger partial charge is 0.251 e. The number of ether oxygens (including phenoxy) is 2. The normalized spacial score (nSPS) is 14.1. The third kappa shape index (κ3) is 5.17. The van der Waals surface area contributed by atoms with E-state index in [0.29, 0.717) is 43.6 Å². The SMILES string of the molecule is Cc1nc(OCCNC(=O)c2ccc(C)c(C)c2)cc(N2CCOCC2)n1. The first-order chi connectivity index (χ1) is 13.0. The van der Waals surface area contributed by atoms with Crippen molar-refractivity contribution in [2.75, 3.05) is 44.4 Å². The van der Waals surface area contributed by atoms with Gasteiger partial charge in [-0.2, -0.15) is 4.98 Å². The molecule has 1 amide bonds. The van der Waals surface area contributed by atoms with Crippen molar-refractivity contribution in [1.82, 2.24) is 15.3 Å². The van der Waals surface area contributed by atoms with Crippen molar-refractivity contribution >= 4 is 11.7 Å². The van der Waals surface area contributed by atoms with Crippen LogP contribution in [-0.4, -0.2) is 55.3 Å². The van der Waals surface area contributed by atoms with Gasteiger partial charge in [0, 0.05) is 24.7 Å². The molecule has 0 atom stereocenters. The molecule has 0 saturated carbocycles. The number of morpholine rings is 1. The summed E-state index contributed by atoms with van der Waals surface area (Å²) < 4.78 is 11.1. The Morgan fingerprint density at radius 3 is 2.67 bits per heavy atom. The second-order valence-electron chi connectivity index (χ2n) is 6.61. The monoisotopic (exact) mass is 370 g/mol. The van der Waals surface area contributed by atoms with E-state index in [9.17, 15) is 4.79 Å². The maximum atomic E-state index is 12.2. The second kappa shape index (κ2) is 8.81. The van der Waals surface area contributed by atoms with Crippen LogP contribution in [0.15, 0.2) is 24.3 Å². The molecule has 0 bridgehead atoms. The zero-order valence-electron chi connectivity index (χ0n) is 16.1. The summed E-state index contributed by atoms with van der Waals surface area (Å²) in [5, 5.41) is 2.87. The van der Waals surface area contributed by atoms with Crippen LogP contribution in [-0.2, 0) is 4.74 Å². The summed E-state index contributed by atoms with van der Waals surface area (Å²) in [5.41, 5.74) is 2.93. The first-order valence-corrected chi connectivity index (χ1v) is 9.19. The number of anilines is 1. The molecule has 7 nitrogen and oxygen atoms in total. The van der Waals surface area contributed by atoms with Crippen molar-refractivity contribution in [3.8, 4) is 5.88 Å².